The number of esters is 1. The molecule has 106 valence electrons. The number of carbonyl (C=O) groups is 1. The summed E-state index contributed by atoms with van der Waals surface area (Å²) in [6.07, 6.45) is 3.13. The molecule has 0 N–H and O–H groups in total. The highest BCUT2D eigenvalue weighted by Gasteiger charge is 2.06. The fourth-order valence-corrected chi connectivity index (χ4v) is 1.51. The van der Waals surface area contributed by atoms with Crippen LogP contribution in [0.25, 0.3) is 11.5 Å². The summed E-state index contributed by atoms with van der Waals surface area (Å²) in [6.45, 7) is 2.38. The molecule has 0 unspecified atom stereocenters. The molecular formula is C14H16N2O4. The second-order valence-corrected chi connectivity index (χ2v) is 4.13. The minimum Gasteiger partial charge on any atom is -0.482 e. The van der Waals surface area contributed by atoms with Crippen molar-refractivity contribution in [1.29, 1.82) is 0 Å². The number of aromatic nitrogens is 2. The average Bonchev–Trinajstić information content (AvgIpc) is 3.00. The molecule has 2 rings (SSSR count). The zero-order valence-electron chi connectivity index (χ0n) is 11.2. The van der Waals surface area contributed by atoms with E-state index >= 15 is 0 Å². The molecule has 1 aromatic heterocycles. The molecule has 0 aliphatic rings. The number of hydrogen-bond acceptors (Lipinski definition) is 6. The maximum Gasteiger partial charge on any atom is 0.344 e. The fraction of sp³-hybridized carbons (Fsp3) is 0.357. The van der Waals surface area contributed by atoms with E-state index in [-0.39, 0.29) is 12.6 Å². The molecule has 0 bridgehead atoms. The van der Waals surface area contributed by atoms with E-state index in [0.717, 1.165) is 18.4 Å². The van der Waals surface area contributed by atoms with Crippen LogP contribution >= 0.6 is 0 Å². The molecule has 0 amide bonds. The second-order valence-electron chi connectivity index (χ2n) is 4.13. The third-order valence-corrected chi connectivity index (χ3v) is 2.58. The van der Waals surface area contributed by atoms with Crippen LogP contribution in [-0.2, 0) is 9.53 Å². The molecule has 0 aliphatic heterocycles. The summed E-state index contributed by atoms with van der Waals surface area (Å²) in [5, 5.41) is 7.41. The number of carbonyl (C=O) groups excluding carboxylic acids is 1. The molecule has 1 aromatic carbocycles. The molecular weight excluding hydrogens is 260 g/mol. The van der Waals surface area contributed by atoms with Crippen molar-refractivity contribution in [2.75, 3.05) is 13.2 Å². The topological polar surface area (TPSA) is 74.5 Å². The van der Waals surface area contributed by atoms with Gasteiger partial charge < -0.3 is 13.9 Å². The van der Waals surface area contributed by atoms with E-state index in [1.54, 1.807) is 24.3 Å². The van der Waals surface area contributed by atoms with Crippen LogP contribution in [0.3, 0.4) is 0 Å². The third kappa shape index (κ3) is 4.08. The molecule has 20 heavy (non-hydrogen) atoms. The Morgan fingerprint density at radius 3 is 2.75 bits per heavy atom. The van der Waals surface area contributed by atoms with E-state index in [1.165, 1.54) is 6.39 Å². The lowest BCUT2D eigenvalue weighted by molar-refractivity contribution is -0.146. The first kappa shape index (κ1) is 14.0. The highest BCUT2D eigenvalue weighted by Crippen LogP contribution is 2.20. The molecule has 0 spiro atoms. The number of ether oxygens (including phenoxy) is 2. The van der Waals surface area contributed by atoms with E-state index in [0.29, 0.717) is 18.2 Å². The molecule has 0 atom stereocenters. The minimum atomic E-state index is -0.362. The van der Waals surface area contributed by atoms with Crippen LogP contribution in [0.4, 0.5) is 0 Å². The average molecular weight is 276 g/mol. The number of rotatable bonds is 7. The first-order valence-corrected chi connectivity index (χ1v) is 6.44. The zero-order valence-corrected chi connectivity index (χ0v) is 11.2. The predicted octanol–water partition coefficient (Wildman–Crippen LogP) is 2.46. The quantitative estimate of drug-likeness (QED) is 0.571. The van der Waals surface area contributed by atoms with Gasteiger partial charge in [-0.25, -0.2) is 4.79 Å². The first-order chi connectivity index (χ1) is 9.79. The molecule has 1 heterocycles. The van der Waals surface area contributed by atoms with Gasteiger partial charge in [0.05, 0.1) is 6.61 Å². The summed E-state index contributed by atoms with van der Waals surface area (Å²) in [6, 6.07) is 7.04. The van der Waals surface area contributed by atoms with Gasteiger partial charge in [0.15, 0.2) is 6.61 Å². The molecule has 0 aliphatic carbocycles. The maximum absolute atomic E-state index is 11.4. The third-order valence-electron chi connectivity index (χ3n) is 2.58. The van der Waals surface area contributed by atoms with Crippen molar-refractivity contribution >= 4 is 5.97 Å². The van der Waals surface area contributed by atoms with Gasteiger partial charge in [0.1, 0.15) is 5.75 Å². The standard InChI is InChI=1S/C14H16N2O4/c1-2-3-8-18-13(17)9-19-12-6-4-11(5-7-12)14-16-15-10-20-14/h4-7,10H,2-3,8-9H2,1H3. The Labute approximate surface area is 116 Å². The lowest BCUT2D eigenvalue weighted by Crippen LogP contribution is -2.15. The van der Waals surface area contributed by atoms with Crippen molar-refractivity contribution in [1.82, 2.24) is 10.2 Å². The largest absolute Gasteiger partial charge is 0.482 e. The van der Waals surface area contributed by atoms with Gasteiger partial charge in [-0.3, -0.25) is 0 Å². The van der Waals surface area contributed by atoms with E-state index in [9.17, 15) is 4.79 Å². The first-order valence-electron chi connectivity index (χ1n) is 6.44. The van der Waals surface area contributed by atoms with Gasteiger partial charge in [0.2, 0.25) is 12.3 Å². The van der Waals surface area contributed by atoms with E-state index in [1.807, 2.05) is 6.92 Å². The molecule has 0 saturated heterocycles. The highest BCUT2D eigenvalue weighted by atomic mass is 16.6. The van der Waals surface area contributed by atoms with Crippen LogP contribution < -0.4 is 4.74 Å². The van der Waals surface area contributed by atoms with E-state index in [2.05, 4.69) is 10.2 Å². The Balaban J connectivity index is 1.81. The predicted molar refractivity (Wildman–Crippen MR) is 71.1 cm³/mol. The van der Waals surface area contributed by atoms with Crippen LogP contribution in [0.2, 0.25) is 0 Å². The SMILES string of the molecule is CCCCOC(=O)COc1ccc(-c2nnco2)cc1. The highest BCUT2D eigenvalue weighted by molar-refractivity contribution is 5.71. The Hall–Kier alpha value is -2.37. The fourth-order valence-electron chi connectivity index (χ4n) is 1.51. The minimum absolute atomic E-state index is 0.0936. The van der Waals surface area contributed by atoms with Gasteiger partial charge in [-0.15, -0.1) is 10.2 Å². The molecule has 0 fully saturated rings. The van der Waals surface area contributed by atoms with Crippen LogP contribution in [-0.4, -0.2) is 29.4 Å². The van der Waals surface area contributed by atoms with Crippen LogP contribution in [0.15, 0.2) is 35.1 Å². The van der Waals surface area contributed by atoms with Crippen molar-refractivity contribution in [3.05, 3.63) is 30.7 Å². The number of nitrogens with zero attached hydrogens (tertiary/aromatic N) is 2. The van der Waals surface area contributed by atoms with Gasteiger partial charge in [-0.1, -0.05) is 13.3 Å². The monoisotopic (exact) mass is 276 g/mol. The van der Waals surface area contributed by atoms with Crippen LogP contribution in [0, 0.1) is 0 Å². The number of hydrogen-bond donors (Lipinski definition) is 0. The van der Waals surface area contributed by atoms with Crippen LogP contribution in [0.5, 0.6) is 5.75 Å². The Bertz CT molecular complexity index is 523. The van der Waals surface area contributed by atoms with Crippen LogP contribution in [0.1, 0.15) is 19.8 Å². The van der Waals surface area contributed by atoms with Crippen molar-refractivity contribution in [3.63, 3.8) is 0 Å². The van der Waals surface area contributed by atoms with Gasteiger partial charge in [0.25, 0.3) is 0 Å². The molecule has 0 radical (unpaired) electrons. The normalized spacial score (nSPS) is 10.2. The molecule has 2 aromatic rings. The number of unbranched alkanes of at least 4 members (excludes halogenated alkanes) is 1. The van der Waals surface area contributed by atoms with Crippen molar-refractivity contribution in [2.24, 2.45) is 0 Å². The number of benzene rings is 1. The lowest BCUT2D eigenvalue weighted by atomic mass is 10.2. The van der Waals surface area contributed by atoms with Gasteiger partial charge in [-0.2, -0.15) is 0 Å². The Kier molecular flexibility index (Phi) is 5.11. The summed E-state index contributed by atoms with van der Waals surface area (Å²) in [4.78, 5) is 11.4. The second kappa shape index (κ2) is 7.28. The van der Waals surface area contributed by atoms with E-state index < -0.39 is 0 Å². The smallest absolute Gasteiger partial charge is 0.344 e. The Morgan fingerprint density at radius 2 is 2.10 bits per heavy atom. The lowest BCUT2D eigenvalue weighted by Gasteiger charge is -2.06. The van der Waals surface area contributed by atoms with Crippen molar-refractivity contribution in [2.45, 2.75) is 19.8 Å². The van der Waals surface area contributed by atoms with E-state index in [4.69, 9.17) is 13.9 Å². The van der Waals surface area contributed by atoms with Gasteiger partial charge in [-0.05, 0) is 30.7 Å². The van der Waals surface area contributed by atoms with Crippen molar-refractivity contribution < 1.29 is 18.7 Å². The Morgan fingerprint density at radius 1 is 1.30 bits per heavy atom. The summed E-state index contributed by atoms with van der Waals surface area (Å²) < 4.78 is 15.4. The van der Waals surface area contributed by atoms with Gasteiger partial charge >= 0.3 is 5.97 Å². The summed E-state index contributed by atoms with van der Waals surface area (Å²) in [7, 11) is 0. The van der Waals surface area contributed by atoms with Gasteiger partial charge in [0, 0.05) is 5.56 Å². The summed E-state index contributed by atoms with van der Waals surface area (Å²) in [5.41, 5.74) is 0.792. The maximum atomic E-state index is 11.4. The molecule has 6 nitrogen and oxygen atoms in total. The van der Waals surface area contributed by atoms with Crippen molar-refractivity contribution in [3.8, 4) is 17.2 Å². The molecule has 0 saturated carbocycles. The molecule has 6 heteroatoms. The summed E-state index contributed by atoms with van der Waals surface area (Å²) >= 11 is 0. The summed E-state index contributed by atoms with van der Waals surface area (Å²) in [5.74, 6) is 0.663. The zero-order chi connectivity index (χ0) is 14.2.